The normalized spacial score (nSPS) is 42.8. The Labute approximate surface area is 81.2 Å². The molecule has 1 aliphatic carbocycles. The molecule has 1 saturated carbocycles. The molecule has 0 aliphatic heterocycles. The zero-order chi connectivity index (χ0) is 8.48. The Bertz CT molecular complexity index is 177. The van der Waals surface area contributed by atoms with Crippen LogP contribution >= 0.6 is 22.6 Å². The topological polar surface area (TPSA) is 32.6 Å². The highest BCUT2D eigenvalue weighted by molar-refractivity contribution is 14.1. The maximum Gasteiger partial charge on any atom is 0.0729 e. The minimum atomic E-state index is 0.0742. The SMILES string of the molecule is CC1CCC/C(=N\O)C1(C)I. The molecule has 2 unspecified atom stereocenters. The van der Waals surface area contributed by atoms with Gasteiger partial charge in [0.25, 0.3) is 0 Å². The summed E-state index contributed by atoms with van der Waals surface area (Å²) in [7, 11) is 0. The van der Waals surface area contributed by atoms with Crippen molar-refractivity contribution in [3.05, 3.63) is 0 Å². The van der Waals surface area contributed by atoms with Crippen LogP contribution in [0, 0.1) is 5.92 Å². The molecule has 0 radical (unpaired) electrons. The summed E-state index contributed by atoms with van der Waals surface area (Å²) >= 11 is 2.39. The highest BCUT2D eigenvalue weighted by atomic mass is 127. The van der Waals surface area contributed by atoms with Crippen molar-refractivity contribution in [3.63, 3.8) is 0 Å². The predicted octanol–water partition coefficient (Wildman–Crippen LogP) is 2.83. The fraction of sp³-hybridized carbons (Fsp3) is 0.875. The molecule has 0 bridgehead atoms. The van der Waals surface area contributed by atoms with E-state index in [2.05, 4.69) is 41.6 Å². The van der Waals surface area contributed by atoms with E-state index in [1.54, 1.807) is 0 Å². The van der Waals surface area contributed by atoms with Crippen LogP contribution in [0.3, 0.4) is 0 Å². The van der Waals surface area contributed by atoms with E-state index in [-0.39, 0.29) is 3.42 Å². The molecule has 0 spiro atoms. The van der Waals surface area contributed by atoms with Crippen molar-refractivity contribution in [1.82, 2.24) is 0 Å². The second-order valence-electron chi connectivity index (χ2n) is 3.42. The zero-order valence-electron chi connectivity index (χ0n) is 6.97. The van der Waals surface area contributed by atoms with Crippen LogP contribution in [0.4, 0.5) is 0 Å². The molecular weight excluding hydrogens is 253 g/mol. The first kappa shape index (κ1) is 9.29. The Kier molecular flexibility index (Phi) is 2.78. The summed E-state index contributed by atoms with van der Waals surface area (Å²) in [4.78, 5) is 0. The van der Waals surface area contributed by atoms with Gasteiger partial charge < -0.3 is 5.21 Å². The molecule has 2 nitrogen and oxygen atoms in total. The highest BCUT2D eigenvalue weighted by Crippen LogP contribution is 2.38. The Morgan fingerprint density at radius 1 is 1.73 bits per heavy atom. The van der Waals surface area contributed by atoms with Crippen molar-refractivity contribution >= 4 is 28.3 Å². The largest absolute Gasteiger partial charge is 0.411 e. The fourth-order valence-electron chi connectivity index (χ4n) is 1.52. The zero-order valence-corrected chi connectivity index (χ0v) is 9.13. The summed E-state index contributed by atoms with van der Waals surface area (Å²) in [5.74, 6) is 0.628. The molecule has 1 rings (SSSR count). The van der Waals surface area contributed by atoms with Crippen molar-refractivity contribution in [2.45, 2.75) is 36.5 Å². The van der Waals surface area contributed by atoms with E-state index in [1.807, 2.05) is 0 Å². The third-order valence-corrected chi connectivity index (χ3v) is 4.35. The van der Waals surface area contributed by atoms with E-state index < -0.39 is 0 Å². The lowest BCUT2D eigenvalue weighted by atomic mass is 9.80. The smallest absolute Gasteiger partial charge is 0.0729 e. The Morgan fingerprint density at radius 2 is 2.36 bits per heavy atom. The molecule has 0 aromatic rings. The number of hydrogen-bond acceptors (Lipinski definition) is 2. The van der Waals surface area contributed by atoms with Gasteiger partial charge in [-0.05, 0) is 32.1 Å². The molecule has 3 heteroatoms. The minimum Gasteiger partial charge on any atom is -0.411 e. The average Bonchev–Trinajstić information content (AvgIpc) is 1.95. The van der Waals surface area contributed by atoms with E-state index in [0.29, 0.717) is 5.92 Å². The summed E-state index contributed by atoms with van der Waals surface area (Å²) in [6.07, 6.45) is 3.37. The number of nitrogens with zero attached hydrogens (tertiary/aromatic N) is 1. The third-order valence-electron chi connectivity index (χ3n) is 2.66. The number of halogens is 1. The lowest BCUT2D eigenvalue weighted by Gasteiger charge is -2.34. The van der Waals surface area contributed by atoms with Crippen LogP contribution in [0.15, 0.2) is 5.16 Å². The highest BCUT2D eigenvalue weighted by Gasteiger charge is 2.36. The number of alkyl halides is 1. The first-order chi connectivity index (χ1) is 5.09. The van der Waals surface area contributed by atoms with Gasteiger partial charge in [0.15, 0.2) is 0 Å². The van der Waals surface area contributed by atoms with Crippen molar-refractivity contribution in [2.24, 2.45) is 11.1 Å². The molecule has 2 atom stereocenters. The summed E-state index contributed by atoms with van der Waals surface area (Å²) in [6, 6.07) is 0. The molecule has 64 valence electrons. The standard InChI is InChI=1S/C8H14INO/c1-6-4-3-5-7(10-11)8(6,2)9/h6,11H,3-5H2,1-2H3/b10-7+. The average molecular weight is 267 g/mol. The number of rotatable bonds is 0. The van der Waals surface area contributed by atoms with Crippen molar-refractivity contribution in [1.29, 1.82) is 0 Å². The van der Waals surface area contributed by atoms with Gasteiger partial charge in [0, 0.05) is 0 Å². The predicted molar refractivity (Wildman–Crippen MR) is 54.7 cm³/mol. The molecule has 0 heterocycles. The summed E-state index contributed by atoms with van der Waals surface area (Å²) in [5.41, 5.74) is 0.955. The summed E-state index contributed by atoms with van der Waals surface area (Å²) < 4.78 is 0.0742. The van der Waals surface area contributed by atoms with Crippen LogP contribution in [-0.4, -0.2) is 14.3 Å². The van der Waals surface area contributed by atoms with Crippen molar-refractivity contribution in [2.75, 3.05) is 0 Å². The molecular formula is C8H14INO. The lowest BCUT2D eigenvalue weighted by Crippen LogP contribution is -2.38. The fourth-order valence-corrected chi connectivity index (χ4v) is 2.21. The number of hydrogen-bond donors (Lipinski definition) is 1. The number of oxime groups is 1. The second kappa shape index (κ2) is 3.29. The van der Waals surface area contributed by atoms with Gasteiger partial charge in [0.2, 0.25) is 0 Å². The van der Waals surface area contributed by atoms with E-state index in [1.165, 1.54) is 12.8 Å². The van der Waals surface area contributed by atoms with Gasteiger partial charge in [-0.2, -0.15) is 0 Å². The third kappa shape index (κ3) is 1.68. The van der Waals surface area contributed by atoms with Crippen LogP contribution < -0.4 is 0 Å². The lowest BCUT2D eigenvalue weighted by molar-refractivity contribution is 0.307. The monoisotopic (exact) mass is 267 g/mol. The van der Waals surface area contributed by atoms with Crippen LogP contribution in [0.2, 0.25) is 0 Å². The first-order valence-corrected chi connectivity index (χ1v) is 5.07. The van der Waals surface area contributed by atoms with Crippen LogP contribution in [0.5, 0.6) is 0 Å². The van der Waals surface area contributed by atoms with E-state index in [0.717, 1.165) is 12.1 Å². The quantitative estimate of drug-likeness (QED) is 0.311. The Morgan fingerprint density at radius 3 is 2.82 bits per heavy atom. The minimum absolute atomic E-state index is 0.0742. The van der Waals surface area contributed by atoms with Crippen molar-refractivity contribution < 1.29 is 5.21 Å². The first-order valence-electron chi connectivity index (χ1n) is 3.99. The molecule has 0 aromatic heterocycles. The molecule has 0 amide bonds. The van der Waals surface area contributed by atoms with Crippen LogP contribution in [0.1, 0.15) is 33.1 Å². The van der Waals surface area contributed by atoms with Gasteiger partial charge in [0.05, 0.1) is 9.13 Å². The second-order valence-corrected chi connectivity index (χ2v) is 5.66. The molecule has 1 fully saturated rings. The van der Waals surface area contributed by atoms with E-state index in [4.69, 9.17) is 5.21 Å². The van der Waals surface area contributed by atoms with Gasteiger partial charge >= 0.3 is 0 Å². The van der Waals surface area contributed by atoms with Gasteiger partial charge in [0.1, 0.15) is 0 Å². The van der Waals surface area contributed by atoms with Gasteiger partial charge in [-0.15, -0.1) is 0 Å². The van der Waals surface area contributed by atoms with Crippen LogP contribution in [-0.2, 0) is 0 Å². The van der Waals surface area contributed by atoms with E-state index in [9.17, 15) is 0 Å². The van der Waals surface area contributed by atoms with Gasteiger partial charge in [-0.25, -0.2) is 0 Å². The maximum absolute atomic E-state index is 8.73. The summed E-state index contributed by atoms with van der Waals surface area (Å²) in [6.45, 7) is 4.36. The summed E-state index contributed by atoms with van der Waals surface area (Å²) in [5, 5.41) is 12.1. The molecule has 0 aromatic carbocycles. The molecule has 0 saturated heterocycles. The maximum atomic E-state index is 8.73. The van der Waals surface area contributed by atoms with Crippen LogP contribution in [0.25, 0.3) is 0 Å². The molecule has 1 N–H and O–H groups in total. The van der Waals surface area contributed by atoms with E-state index >= 15 is 0 Å². The Balaban J connectivity index is 2.82. The Hall–Kier alpha value is 0.200. The van der Waals surface area contributed by atoms with Crippen molar-refractivity contribution in [3.8, 4) is 0 Å². The molecule has 11 heavy (non-hydrogen) atoms. The molecule has 1 aliphatic rings. The van der Waals surface area contributed by atoms with Gasteiger partial charge in [-0.3, -0.25) is 0 Å². The van der Waals surface area contributed by atoms with Gasteiger partial charge in [-0.1, -0.05) is 34.7 Å².